The van der Waals surface area contributed by atoms with Crippen molar-refractivity contribution in [1.29, 1.82) is 0 Å². The summed E-state index contributed by atoms with van der Waals surface area (Å²) in [7, 11) is 0. The van der Waals surface area contributed by atoms with Gasteiger partial charge in [0.1, 0.15) is 0 Å². The van der Waals surface area contributed by atoms with Gasteiger partial charge in [0.15, 0.2) is 0 Å². The van der Waals surface area contributed by atoms with Gasteiger partial charge in [0.25, 0.3) is 0 Å². The van der Waals surface area contributed by atoms with Gasteiger partial charge in [-0.3, -0.25) is 0 Å². The second-order valence-corrected chi connectivity index (χ2v) is 15.3. The number of para-hydroxylation sites is 7. The first-order chi connectivity index (χ1) is 28.8. The zero-order chi connectivity index (χ0) is 37.9. The number of rotatable bonds is 4. The molecule has 0 unspecified atom stereocenters. The van der Waals surface area contributed by atoms with Crippen molar-refractivity contribution in [2.24, 2.45) is 0 Å². The molecule has 9 aromatic carbocycles. The van der Waals surface area contributed by atoms with Crippen molar-refractivity contribution in [3.8, 4) is 22.7 Å². The Bertz CT molecular complexity index is 3740. The number of benzene rings is 9. The van der Waals surface area contributed by atoms with E-state index in [1.54, 1.807) is 0 Å². The molecule has 0 saturated carbocycles. The van der Waals surface area contributed by atoms with Crippen LogP contribution in [0.25, 0.3) is 110 Å². The predicted molar refractivity (Wildman–Crippen MR) is 244 cm³/mol. The van der Waals surface area contributed by atoms with Gasteiger partial charge >= 0.3 is 0 Å². The van der Waals surface area contributed by atoms with Crippen molar-refractivity contribution in [2.45, 2.75) is 0 Å². The van der Waals surface area contributed by atoms with E-state index in [1.165, 1.54) is 92.9 Å². The van der Waals surface area contributed by atoms with Gasteiger partial charge in [-0.2, -0.15) is 0 Å². The van der Waals surface area contributed by atoms with Gasteiger partial charge in [0.2, 0.25) is 0 Å². The smallest absolute Gasteiger partial charge is 0.0782 e. The fourth-order valence-corrected chi connectivity index (χ4v) is 10.0. The molecule has 13 aromatic rings. The van der Waals surface area contributed by atoms with Crippen LogP contribution in [-0.4, -0.2) is 18.3 Å². The van der Waals surface area contributed by atoms with Crippen LogP contribution in [0, 0.1) is 0 Å². The Kier molecular flexibility index (Phi) is 6.41. The first-order valence-electron chi connectivity index (χ1n) is 20.0. The van der Waals surface area contributed by atoms with Gasteiger partial charge in [0.05, 0.1) is 55.5 Å². The summed E-state index contributed by atoms with van der Waals surface area (Å²) >= 11 is 0. The monoisotopic (exact) mass is 738 g/mol. The zero-order valence-corrected chi connectivity index (χ0v) is 31.4. The number of hydrogen-bond acceptors (Lipinski definition) is 0. The van der Waals surface area contributed by atoms with E-state index in [-0.39, 0.29) is 0 Å². The molecule has 270 valence electrons. The zero-order valence-electron chi connectivity index (χ0n) is 31.4. The van der Waals surface area contributed by atoms with Gasteiger partial charge in [-0.25, -0.2) is 0 Å². The van der Waals surface area contributed by atoms with E-state index in [1.807, 2.05) is 0 Å². The number of hydrogen-bond donors (Lipinski definition) is 0. The minimum absolute atomic E-state index is 1.15. The predicted octanol–water partition coefficient (Wildman–Crippen LogP) is 14.1. The molecule has 4 heteroatoms. The molecule has 0 spiro atoms. The van der Waals surface area contributed by atoms with E-state index >= 15 is 0 Å². The third-order valence-electron chi connectivity index (χ3n) is 12.3. The topological polar surface area (TPSA) is 19.7 Å². The molecule has 0 aliphatic rings. The Balaban J connectivity index is 1.11. The van der Waals surface area contributed by atoms with E-state index < -0.39 is 0 Å². The largest absolute Gasteiger partial charge is 0.309 e. The van der Waals surface area contributed by atoms with Crippen molar-refractivity contribution in [2.75, 3.05) is 0 Å². The molecule has 4 heterocycles. The Labute approximate surface area is 333 Å². The molecule has 4 aromatic heterocycles. The van der Waals surface area contributed by atoms with Crippen LogP contribution < -0.4 is 0 Å². The molecule has 0 N–H and O–H groups in total. The molecule has 0 amide bonds. The van der Waals surface area contributed by atoms with Crippen LogP contribution in [0.1, 0.15) is 0 Å². The molecule has 0 atom stereocenters. The highest BCUT2D eigenvalue weighted by Crippen LogP contribution is 2.43. The van der Waals surface area contributed by atoms with Gasteiger partial charge in [-0.15, -0.1) is 0 Å². The fraction of sp³-hybridized carbons (Fsp3) is 0. The number of aromatic nitrogens is 4. The van der Waals surface area contributed by atoms with Gasteiger partial charge in [-0.05, 0) is 78.9 Å². The summed E-state index contributed by atoms with van der Waals surface area (Å²) in [6.45, 7) is 0. The van der Waals surface area contributed by atoms with E-state index in [0.717, 1.165) is 17.1 Å². The summed E-state index contributed by atoms with van der Waals surface area (Å²) in [5, 5.41) is 9.93. The van der Waals surface area contributed by atoms with Crippen molar-refractivity contribution in [1.82, 2.24) is 18.3 Å². The summed E-state index contributed by atoms with van der Waals surface area (Å²) in [4.78, 5) is 0. The molecular formula is C54H34N4. The van der Waals surface area contributed by atoms with Gasteiger partial charge < -0.3 is 18.3 Å². The van der Waals surface area contributed by atoms with Crippen molar-refractivity contribution >= 4 is 87.2 Å². The Hall–Kier alpha value is -7.82. The average Bonchev–Trinajstić information content (AvgIpc) is 4.02. The quantitative estimate of drug-likeness (QED) is 0.171. The van der Waals surface area contributed by atoms with E-state index in [4.69, 9.17) is 0 Å². The summed E-state index contributed by atoms with van der Waals surface area (Å²) < 4.78 is 9.83. The molecule has 4 nitrogen and oxygen atoms in total. The lowest BCUT2D eigenvalue weighted by molar-refractivity contribution is 1.13. The first-order valence-corrected chi connectivity index (χ1v) is 20.0. The maximum atomic E-state index is 2.49. The lowest BCUT2D eigenvalue weighted by atomic mass is 10.1. The molecule has 0 saturated heterocycles. The second kappa shape index (κ2) is 11.8. The molecule has 0 bridgehead atoms. The highest BCUT2D eigenvalue weighted by Gasteiger charge is 2.23. The van der Waals surface area contributed by atoms with Crippen LogP contribution in [0.4, 0.5) is 0 Å². The third-order valence-corrected chi connectivity index (χ3v) is 12.3. The van der Waals surface area contributed by atoms with E-state index in [9.17, 15) is 0 Å². The third kappa shape index (κ3) is 4.18. The fourth-order valence-electron chi connectivity index (χ4n) is 10.0. The van der Waals surface area contributed by atoms with Crippen LogP contribution in [0.3, 0.4) is 0 Å². The molecular weight excluding hydrogens is 705 g/mol. The van der Waals surface area contributed by atoms with Crippen LogP contribution in [0.15, 0.2) is 206 Å². The molecule has 0 fully saturated rings. The summed E-state index contributed by atoms with van der Waals surface area (Å²) in [6.07, 6.45) is 0. The Morgan fingerprint density at radius 3 is 1.33 bits per heavy atom. The molecule has 0 radical (unpaired) electrons. The van der Waals surface area contributed by atoms with Crippen LogP contribution >= 0.6 is 0 Å². The first kappa shape index (κ1) is 31.4. The summed E-state index contributed by atoms with van der Waals surface area (Å²) in [5.41, 5.74) is 14.2. The summed E-state index contributed by atoms with van der Waals surface area (Å²) in [5.74, 6) is 0. The van der Waals surface area contributed by atoms with E-state index in [2.05, 4.69) is 225 Å². The van der Waals surface area contributed by atoms with Crippen molar-refractivity contribution < 1.29 is 0 Å². The minimum Gasteiger partial charge on any atom is -0.309 e. The van der Waals surface area contributed by atoms with Crippen molar-refractivity contribution in [3.63, 3.8) is 0 Å². The highest BCUT2D eigenvalue weighted by atomic mass is 15.1. The maximum absolute atomic E-state index is 2.49. The molecule has 0 aliphatic carbocycles. The Morgan fingerprint density at radius 2 is 0.655 bits per heavy atom. The number of nitrogens with zero attached hydrogens (tertiary/aromatic N) is 4. The van der Waals surface area contributed by atoms with Gasteiger partial charge in [0, 0.05) is 54.5 Å². The number of fused-ring (bicyclic) bond motifs is 12. The SMILES string of the molecule is c1ccc(-n2c3ccccc3c3cccc(-n4c5ccccc5c5c(-n6c7ccccc7c7cc(-n8c9ccccc9c9ccccc98)ccc76)cccc54)c32)cc1. The maximum Gasteiger partial charge on any atom is 0.0782 e. The highest BCUT2D eigenvalue weighted by molar-refractivity contribution is 6.19. The van der Waals surface area contributed by atoms with E-state index in [0.29, 0.717) is 0 Å². The van der Waals surface area contributed by atoms with Crippen LogP contribution in [0.2, 0.25) is 0 Å². The summed E-state index contributed by atoms with van der Waals surface area (Å²) in [6, 6.07) is 75.4. The molecule has 13 rings (SSSR count). The van der Waals surface area contributed by atoms with Crippen LogP contribution in [0.5, 0.6) is 0 Å². The van der Waals surface area contributed by atoms with Gasteiger partial charge in [-0.1, -0.05) is 127 Å². The van der Waals surface area contributed by atoms with Crippen LogP contribution in [-0.2, 0) is 0 Å². The lowest BCUT2D eigenvalue weighted by Crippen LogP contribution is -2.01. The standard InChI is InChI=1S/C54H34N4/c1-2-16-35(17-3-1)56-46-26-11-6-20-39(46)41-23-14-31-52(54(41)56)58-48-28-13-8-22-42(48)53-50(29-15-30-51(53)58)57-47-27-12-7-21-40(47)43-34-36(32-33-49(43)57)55-44-24-9-4-18-37(44)38-19-5-10-25-45(38)55/h1-34H. The second-order valence-electron chi connectivity index (χ2n) is 15.3. The minimum atomic E-state index is 1.15. The normalized spacial score (nSPS) is 12.1. The molecule has 0 aliphatic heterocycles. The average molecular weight is 739 g/mol. The molecule has 58 heavy (non-hydrogen) atoms. The lowest BCUT2D eigenvalue weighted by Gasteiger charge is -2.15. The van der Waals surface area contributed by atoms with Crippen molar-refractivity contribution in [3.05, 3.63) is 206 Å². The Morgan fingerprint density at radius 1 is 0.224 bits per heavy atom.